The van der Waals surface area contributed by atoms with Crippen LogP contribution in [0.25, 0.3) is 0 Å². The quantitative estimate of drug-likeness (QED) is 0.836. The molecule has 0 saturated heterocycles. The average molecular weight is 283 g/mol. The average Bonchev–Trinajstić information content (AvgIpc) is 2.37. The third kappa shape index (κ3) is 3.94. The Hall–Kier alpha value is -2.11. The summed E-state index contributed by atoms with van der Waals surface area (Å²) in [5.41, 5.74) is 0.121. The highest BCUT2D eigenvalue weighted by Gasteiger charge is 2.22. The number of halogens is 1. The molecule has 0 aliphatic heterocycles. The van der Waals surface area contributed by atoms with E-state index >= 15 is 0 Å². The normalized spacial score (nSPS) is 12.1. The fourth-order valence-electron chi connectivity index (χ4n) is 1.72. The number of carbonyl (C=O) groups is 2. The van der Waals surface area contributed by atoms with E-state index < -0.39 is 23.6 Å². The molecule has 20 heavy (non-hydrogen) atoms. The lowest BCUT2D eigenvalue weighted by atomic mass is 9.96. The van der Waals surface area contributed by atoms with Crippen LogP contribution >= 0.6 is 0 Å². The van der Waals surface area contributed by atoms with E-state index in [1.807, 2.05) is 0 Å². The third-order valence-electron chi connectivity index (χ3n) is 3.02. The first-order chi connectivity index (χ1) is 9.36. The Kier molecular flexibility index (Phi) is 5.49. The predicted molar refractivity (Wildman–Crippen MR) is 71.2 cm³/mol. The van der Waals surface area contributed by atoms with Gasteiger partial charge in [0.2, 0.25) is 0 Å². The molecule has 1 aromatic carbocycles. The van der Waals surface area contributed by atoms with E-state index in [-0.39, 0.29) is 23.8 Å². The summed E-state index contributed by atoms with van der Waals surface area (Å²) in [6.45, 7) is 3.52. The van der Waals surface area contributed by atoms with Crippen LogP contribution in [0.1, 0.15) is 24.2 Å². The molecule has 0 aliphatic rings. The maximum absolute atomic E-state index is 13.5. The standard InChI is InChI=1S/C14H18FNO4/c1-8(2)10(14(18)19)7-16-13(17)9-4-5-12(20-3)11(15)6-9/h4-6,8,10H,7H2,1-3H3,(H,16,17)(H,18,19). The minimum absolute atomic E-state index is 0.000514. The number of methoxy groups -OCH3 is 1. The van der Waals surface area contributed by atoms with Crippen LogP contribution in [0.2, 0.25) is 0 Å². The second kappa shape index (κ2) is 6.88. The molecule has 0 bridgehead atoms. The summed E-state index contributed by atoms with van der Waals surface area (Å²) in [5.74, 6) is -2.87. The van der Waals surface area contributed by atoms with Gasteiger partial charge in [0, 0.05) is 12.1 Å². The van der Waals surface area contributed by atoms with Crippen LogP contribution in [0.4, 0.5) is 4.39 Å². The number of rotatable bonds is 6. The molecule has 0 aromatic heterocycles. The number of aliphatic carboxylic acids is 1. The molecule has 1 aromatic rings. The summed E-state index contributed by atoms with van der Waals surface area (Å²) in [4.78, 5) is 22.8. The van der Waals surface area contributed by atoms with Gasteiger partial charge in [-0.05, 0) is 24.1 Å². The first-order valence-electron chi connectivity index (χ1n) is 6.21. The Morgan fingerprint density at radius 3 is 2.50 bits per heavy atom. The molecule has 110 valence electrons. The summed E-state index contributed by atoms with van der Waals surface area (Å²) >= 11 is 0. The molecule has 1 atom stereocenters. The van der Waals surface area contributed by atoms with Gasteiger partial charge in [-0.25, -0.2) is 4.39 Å². The van der Waals surface area contributed by atoms with Gasteiger partial charge in [-0.3, -0.25) is 9.59 Å². The Morgan fingerprint density at radius 2 is 2.05 bits per heavy atom. The van der Waals surface area contributed by atoms with E-state index in [1.165, 1.54) is 19.2 Å². The fraction of sp³-hybridized carbons (Fsp3) is 0.429. The van der Waals surface area contributed by atoms with Crippen molar-refractivity contribution in [3.8, 4) is 5.75 Å². The van der Waals surface area contributed by atoms with Gasteiger partial charge in [0.1, 0.15) is 0 Å². The van der Waals surface area contributed by atoms with Gasteiger partial charge in [-0.2, -0.15) is 0 Å². The smallest absolute Gasteiger partial charge is 0.308 e. The maximum atomic E-state index is 13.5. The SMILES string of the molecule is COc1ccc(C(=O)NCC(C(=O)O)C(C)C)cc1F. The fourth-order valence-corrected chi connectivity index (χ4v) is 1.72. The third-order valence-corrected chi connectivity index (χ3v) is 3.02. The molecular weight excluding hydrogens is 265 g/mol. The molecule has 2 N–H and O–H groups in total. The van der Waals surface area contributed by atoms with Gasteiger partial charge in [-0.1, -0.05) is 13.8 Å². The predicted octanol–water partition coefficient (Wildman–Crippen LogP) is 1.92. The van der Waals surface area contributed by atoms with Gasteiger partial charge in [0.25, 0.3) is 5.91 Å². The Morgan fingerprint density at radius 1 is 1.40 bits per heavy atom. The number of carboxylic acids is 1. The lowest BCUT2D eigenvalue weighted by molar-refractivity contribution is -0.142. The summed E-state index contributed by atoms with van der Waals surface area (Å²) in [6.07, 6.45) is 0. The van der Waals surface area contributed by atoms with E-state index in [0.29, 0.717) is 0 Å². The largest absolute Gasteiger partial charge is 0.494 e. The summed E-state index contributed by atoms with van der Waals surface area (Å²) in [7, 11) is 1.33. The van der Waals surface area contributed by atoms with Crippen molar-refractivity contribution in [1.29, 1.82) is 0 Å². The van der Waals surface area contributed by atoms with E-state index in [2.05, 4.69) is 5.32 Å². The Labute approximate surface area is 116 Å². The molecule has 6 heteroatoms. The zero-order valence-corrected chi connectivity index (χ0v) is 11.6. The van der Waals surface area contributed by atoms with Crippen molar-refractivity contribution < 1.29 is 23.8 Å². The molecule has 1 rings (SSSR count). The number of hydrogen-bond donors (Lipinski definition) is 2. The van der Waals surface area contributed by atoms with Crippen molar-refractivity contribution in [2.45, 2.75) is 13.8 Å². The van der Waals surface area contributed by atoms with E-state index in [9.17, 15) is 14.0 Å². The van der Waals surface area contributed by atoms with Crippen LogP contribution in [0.15, 0.2) is 18.2 Å². The maximum Gasteiger partial charge on any atom is 0.308 e. The van der Waals surface area contributed by atoms with Crippen LogP contribution in [0.3, 0.4) is 0 Å². The van der Waals surface area contributed by atoms with Crippen LogP contribution in [0, 0.1) is 17.7 Å². The molecule has 0 heterocycles. The molecule has 0 saturated carbocycles. The van der Waals surface area contributed by atoms with E-state index in [0.717, 1.165) is 6.07 Å². The van der Waals surface area contributed by atoms with Gasteiger partial charge in [0.15, 0.2) is 11.6 Å². The highest BCUT2D eigenvalue weighted by Crippen LogP contribution is 2.17. The lowest BCUT2D eigenvalue weighted by Gasteiger charge is -2.16. The van der Waals surface area contributed by atoms with Crippen molar-refractivity contribution in [3.63, 3.8) is 0 Å². The van der Waals surface area contributed by atoms with Gasteiger partial charge < -0.3 is 15.2 Å². The first kappa shape index (κ1) is 15.9. The number of amides is 1. The molecule has 5 nitrogen and oxygen atoms in total. The van der Waals surface area contributed by atoms with Crippen LogP contribution in [0.5, 0.6) is 5.75 Å². The summed E-state index contributed by atoms with van der Waals surface area (Å²) in [6, 6.07) is 3.82. The summed E-state index contributed by atoms with van der Waals surface area (Å²) < 4.78 is 18.2. The second-order valence-electron chi connectivity index (χ2n) is 4.75. The van der Waals surface area contributed by atoms with Crippen molar-refractivity contribution >= 4 is 11.9 Å². The zero-order chi connectivity index (χ0) is 15.3. The minimum Gasteiger partial charge on any atom is -0.494 e. The highest BCUT2D eigenvalue weighted by molar-refractivity contribution is 5.94. The second-order valence-corrected chi connectivity index (χ2v) is 4.75. The topological polar surface area (TPSA) is 75.6 Å². The minimum atomic E-state index is -0.971. The van der Waals surface area contributed by atoms with Crippen LogP contribution in [-0.2, 0) is 4.79 Å². The lowest BCUT2D eigenvalue weighted by Crippen LogP contribution is -2.35. The van der Waals surface area contributed by atoms with Crippen molar-refractivity contribution in [1.82, 2.24) is 5.32 Å². The van der Waals surface area contributed by atoms with E-state index in [1.54, 1.807) is 13.8 Å². The van der Waals surface area contributed by atoms with Gasteiger partial charge in [-0.15, -0.1) is 0 Å². The molecule has 0 aliphatic carbocycles. The zero-order valence-electron chi connectivity index (χ0n) is 11.6. The van der Waals surface area contributed by atoms with Crippen molar-refractivity contribution in [2.75, 3.05) is 13.7 Å². The number of hydrogen-bond acceptors (Lipinski definition) is 3. The van der Waals surface area contributed by atoms with Crippen molar-refractivity contribution in [2.24, 2.45) is 11.8 Å². The van der Waals surface area contributed by atoms with Crippen LogP contribution < -0.4 is 10.1 Å². The Bertz CT molecular complexity index is 502. The van der Waals surface area contributed by atoms with Crippen molar-refractivity contribution in [3.05, 3.63) is 29.6 Å². The number of carboxylic acid groups (broad SMARTS) is 1. The molecule has 1 unspecified atom stereocenters. The van der Waals surface area contributed by atoms with E-state index in [4.69, 9.17) is 9.84 Å². The van der Waals surface area contributed by atoms with Gasteiger partial charge >= 0.3 is 5.97 Å². The van der Waals surface area contributed by atoms with Crippen LogP contribution in [-0.4, -0.2) is 30.6 Å². The number of carbonyl (C=O) groups excluding carboxylic acids is 1. The monoisotopic (exact) mass is 283 g/mol. The molecule has 0 fully saturated rings. The molecule has 0 radical (unpaired) electrons. The first-order valence-corrected chi connectivity index (χ1v) is 6.21. The summed E-state index contributed by atoms with van der Waals surface area (Å²) in [5, 5.41) is 11.5. The molecule has 1 amide bonds. The van der Waals surface area contributed by atoms with Gasteiger partial charge in [0.05, 0.1) is 13.0 Å². The number of ether oxygens (including phenoxy) is 1. The number of nitrogens with one attached hydrogen (secondary N) is 1. The molecular formula is C14H18FNO4. The Balaban J connectivity index is 2.72. The number of benzene rings is 1. The highest BCUT2D eigenvalue weighted by atomic mass is 19.1. The molecule has 0 spiro atoms.